The number of aryl methyl sites for hydroxylation is 1. The SMILES string of the molecule is COCCCCn1ccc2cc[nH]c(=O)c21. The lowest BCUT2D eigenvalue weighted by molar-refractivity contribution is 0.191. The van der Waals surface area contributed by atoms with Gasteiger partial charge in [0, 0.05) is 38.0 Å². The molecular formula is C12H16N2O2. The van der Waals surface area contributed by atoms with E-state index < -0.39 is 0 Å². The van der Waals surface area contributed by atoms with Crippen LogP contribution in [0.4, 0.5) is 0 Å². The second-order valence-corrected chi connectivity index (χ2v) is 3.82. The summed E-state index contributed by atoms with van der Waals surface area (Å²) >= 11 is 0. The Kier molecular flexibility index (Phi) is 3.41. The first-order valence-electron chi connectivity index (χ1n) is 5.48. The molecule has 0 radical (unpaired) electrons. The number of methoxy groups -OCH3 is 1. The van der Waals surface area contributed by atoms with Gasteiger partial charge in [-0.15, -0.1) is 0 Å². The Labute approximate surface area is 93.9 Å². The van der Waals surface area contributed by atoms with E-state index in [1.54, 1.807) is 13.3 Å². The van der Waals surface area contributed by atoms with Crippen molar-refractivity contribution < 1.29 is 4.74 Å². The number of pyridine rings is 1. The third kappa shape index (κ3) is 2.17. The van der Waals surface area contributed by atoms with Gasteiger partial charge in [0.05, 0.1) is 0 Å². The molecular weight excluding hydrogens is 204 g/mol. The highest BCUT2D eigenvalue weighted by Gasteiger charge is 2.03. The largest absolute Gasteiger partial charge is 0.385 e. The van der Waals surface area contributed by atoms with Gasteiger partial charge in [0.25, 0.3) is 5.56 Å². The van der Waals surface area contributed by atoms with E-state index in [9.17, 15) is 4.79 Å². The summed E-state index contributed by atoms with van der Waals surface area (Å²) in [4.78, 5) is 14.3. The number of aromatic amines is 1. The second kappa shape index (κ2) is 4.99. The molecule has 86 valence electrons. The van der Waals surface area contributed by atoms with Crippen molar-refractivity contribution in [2.45, 2.75) is 19.4 Å². The zero-order chi connectivity index (χ0) is 11.4. The number of fused-ring (bicyclic) bond motifs is 1. The molecule has 0 fully saturated rings. The van der Waals surface area contributed by atoms with E-state index >= 15 is 0 Å². The number of unbranched alkanes of at least 4 members (excludes halogenated alkanes) is 1. The van der Waals surface area contributed by atoms with Gasteiger partial charge in [-0.1, -0.05) is 0 Å². The number of hydrogen-bond donors (Lipinski definition) is 1. The highest BCUT2D eigenvalue weighted by molar-refractivity contribution is 5.78. The predicted molar refractivity (Wildman–Crippen MR) is 63.7 cm³/mol. The van der Waals surface area contributed by atoms with Crippen LogP contribution in [0.1, 0.15) is 12.8 Å². The molecule has 2 heterocycles. The van der Waals surface area contributed by atoms with Crippen LogP contribution in [0.25, 0.3) is 10.9 Å². The summed E-state index contributed by atoms with van der Waals surface area (Å²) in [5.41, 5.74) is 0.745. The van der Waals surface area contributed by atoms with Gasteiger partial charge >= 0.3 is 0 Å². The molecule has 16 heavy (non-hydrogen) atoms. The minimum Gasteiger partial charge on any atom is -0.385 e. The molecule has 4 heteroatoms. The summed E-state index contributed by atoms with van der Waals surface area (Å²) in [6.45, 7) is 1.63. The van der Waals surface area contributed by atoms with Gasteiger partial charge in [0.15, 0.2) is 0 Å². The number of nitrogens with zero attached hydrogens (tertiary/aromatic N) is 1. The lowest BCUT2D eigenvalue weighted by Gasteiger charge is -2.04. The van der Waals surface area contributed by atoms with Crippen LogP contribution in [-0.4, -0.2) is 23.3 Å². The summed E-state index contributed by atoms with van der Waals surface area (Å²) < 4.78 is 7.00. The van der Waals surface area contributed by atoms with Crippen LogP contribution >= 0.6 is 0 Å². The van der Waals surface area contributed by atoms with Gasteiger partial charge in [0.1, 0.15) is 5.52 Å². The Bertz CT molecular complexity index is 513. The summed E-state index contributed by atoms with van der Waals surface area (Å²) in [6, 6.07) is 3.89. The van der Waals surface area contributed by atoms with E-state index in [4.69, 9.17) is 4.74 Å². The molecule has 2 rings (SSSR count). The molecule has 0 unspecified atom stereocenters. The quantitative estimate of drug-likeness (QED) is 0.780. The fourth-order valence-electron chi connectivity index (χ4n) is 1.88. The van der Waals surface area contributed by atoms with Crippen molar-refractivity contribution in [3.05, 3.63) is 34.9 Å². The highest BCUT2D eigenvalue weighted by Crippen LogP contribution is 2.11. The van der Waals surface area contributed by atoms with Gasteiger partial charge in [-0.05, 0) is 25.0 Å². The molecule has 0 saturated carbocycles. The molecule has 0 aromatic carbocycles. The van der Waals surface area contributed by atoms with Gasteiger partial charge < -0.3 is 14.3 Å². The minimum atomic E-state index is -0.0192. The van der Waals surface area contributed by atoms with Crippen molar-refractivity contribution in [2.75, 3.05) is 13.7 Å². The van der Waals surface area contributed by atoms with Crippen LogP contribution < -0.4 is 5.56 Å². The average Bonchev–Trinajstić information content (AvgIpc) is 2.69. The van der Waals surface area contributed by atoms with E-state index in [0.717, 1.165) is 36.9 Å². The summed E-state index contributed by atoms with van der Waals surface area (Å²) in [5, 5.41) is 0.996. The first-order valence-corrected chi connectivity index (χ1v) is 5.48. The fourth-order valence-corrected chi connectivity index (χ4v) is 1.88. The molecule has 4 nitrogen and oxygen atoms in total. The molecule has 0 spiro atoms. The maximum atomic E-state index is 11.6. The zero-order valence-electron chi connectivity index (χ0n) is 9.40. The van der Waals surface area contributed by atoms with Crippen molar-refractivity contribution in [2.24, 2.45) is 0 Å². The monoisotopic (exact) mass is 220 g/mol. The van der Waals surface area contributed by atoms with Crippen LogP contribution in [0.2, 0.25) is 0 Å². The van der Waals surface area contributed by atoms with Gasteiger partial charge in [-0.25, -0.2) is 0 Å². The molecule has 0 saturated heterocycles. The second-order valence-electron chi connectivity index (χ2n) is 3.82. The smallest absolute Gasteiger partial charge is 0.272 e. The Balaban J connectivity index is 2.15. The van der Waals surface area contributed by atoms with Crippen LogP contribution in [0.15, 0.2) is 29.3 Å². The van der Waals surface area contributed by atoms with Crippen LogP contribution in [0.3, 0.4) is 0 Å². The van der Waals surface area contributed by atoms with Crippen LogP contribution in [0, 0.1) is 0 Å². The van der Waals surface area contributed by atoms with E-state index in [1.165, 1.54) is 0 Å². The number of ether oxygens (including phenoxy) is 1. The Morgan fingerprint density at radius 2 is 2.25 bits per heavy atom. The maximum absolute atomic E-state index is 11.6. The number of nitrogens with one attached hydrogen (secondary N) is 1. The molecule has 2 aromatic rings. The fraction of sp³-hybridized carbons (Fsp3) is 0.417. The lowest BCUT2D eigenvalue weighted by Crippen LogP contribution is -2.10. The third-order valence-electron chi connectivity index (χ3n) is 2.68. The van der Waals surface area contributed by atoms with Crippen LogP contribution in [0.5, 0.6) is 0 Å². The van der Waals surface area contributed by atoms with E-state index in [-0.39, 0.29) is 5.56 Å². The van der Waals surface area contributed by atoms with Gasteiger partial charge in [-0.3, -0.25) is 4.79 Å². The zero-order valence-corrected chi connectivity index (χ0v) is 9.40. The summed E-state index contributed by atoms with van der Waals surface area (Å²) in [6.07, 6.45) is 5.68. The summed E-state index contributed by atoms with van der Waals surface area (Å²) in [5.74, 6) is 0. The van der Waals surface area contributed by atoms with Gasteiger partial charge in [-0.2, -0.15) is 0 Å². The van der Waals surface area contributed by atoms with Gasteiger partial charge in [0.2, 0.25) is 0 Å². The van der Waals surface area contributed by atoms with Crippen molar-refractivity contribution in [1.29, 1.82) is 0 Å². The lowest BCUT2D eigenvalue weighted by atomic mass is 10.3. The Morgan fingerprint density at radius 1 is 1.38 bits per heavy atom. The topological polar surface area (TPSA) is 47.0 Å². The van der Waals surface area contributed by atoms with E-state index in [1.807, 2.05) is 22.9 Å². The molecule has 0 amide bonds. The number of aromatic nitrogens is 2. The first-order chi connectivity index (χ1) is 7.83. The minimum absolute atomic E-state index is 0.0192. The third-order valence-corrected chi connectivity index (χ3v) is 2.68. The first kappa shape index (κ1) is 11.0. The van der Waals surface area contributed by atoms with Crippen molar-refractivity contribution in [3.63, 3.8) is 0 Å². The number of hydrogen-bond acceptors (Lipinski definition) is 2. The molecule has 2 aromatic heterocycles. The molecule has 0 bridgehead atoms. The molecule has 0 aliphatic carbocycles. The normalized spacial score (nSPS) is 11.1. The highest BCUT2D eigenvalue weighted by atomic mass is 16.5. The number of H-pyrrole nitrogens is 1. The maximum Gasteiger partial charge on any atom is 0.272 e. The molecule has 1 N–H and O–H groups in total. The molecule has 0 aliphatic rings. The van der Waals surface area contributed by atoms with Crippen molar-refractivity contribution in [3.8, 4) is 0 Å². The van der Waals surface area contributed by atoms with E-state index in [2.05, 4.69) is 4.98 Å². The standard InChI is InChI=1S/C12H16N2O2/c1-16-9-3-2-7-14-8-5-10-4-6-13-12(15)11(10)14/h4-6,8H,2-3,7,9H2,1H3,(H,13,15). The van der Waals surface area contributed by atoms with Crippen LogP contribution in [-0.2, 0) is 11.3 Å². The van der Waals surface area contributed by atoms with Crippen molar-refractivity contribution in [1.82, 2.24) is 9.55 Å². The summed E-state index contributed by atoms with van der Waals surface area (Å²) in [7, 11) is 1.70. The Morgan fingerprint density at radius 3 is 3.06 bits per heavy atom. The van der Waals surface area contributed by atoms with Crippen molar-refractivity contribution >= 4 is 10.9 Å². The average molecular weight is 220 g/mol. The molecule has 0 atom stereocenters. The Hall–Kier alpha value is -1.55. The predicted octanol–water partition coefficient (Wildman–Crippen LogP) is 1.76. The van der Waals surface area contributed by atoms with E-state index in [0.29, 0.717) is 0 Å². The molecule has 0 aliphatic heterocycles. The number of rotatable bonds is 5.